The molecule has 0 fully saturated rings. The van der Waals surface area contributed by atoms with Gasteiger partial charge in [0.2, 0.25) is 0 Å². The predicted molar refractivity (Wildman–Crippen MR) is 73.0 cm³/mol. The number of aromatic amines is 1. The van der Waals surface area contributed by atoms with Gasteiger partial charge in [-0.25, -0.2) is 13.4 Å². The molecule has 0 saturated heterocycles. The molecule has 0 aromatic carbocycles. The normalized spacial score (nSPS) is 14.6. The molecule has 0 radical (unpaired) electrons. The van der Waals surface area contributed by atoms with Crippen LogP contribution in [0.25, 0.3) is 0 Å². The van der Waals surface area contributed by atoms with Gasteiger partial charge in [0.1, 0.15) is 4.90 Å². The van der Waals surface area contributed by atoms with Crippen LogP contribution in [0.1, 0.15) is 28.4 Å². The number of aryl methyl sites for hydroxylation is 4. The lowest BCUT2D eigenvalue weighted by Crippen LogP contribution is -2.14. The van der Waals surface area contributed by atoms with E-state index in [1.165, 1.54) is 16.2 Å². The van der Waals surface area contributed by atoms with Gasteiger partial charge in [-0.05, 0) is 33.1 Å². The van der Waals surface area contributed by atoms with E-state index < -0.39 is 10.0 Å². The maximum atomic E-state index is 12.3. The summed E-state index contributed by atoms with van der Waals surface area (Å²) >= 11 is 1.43. The number of nitrogens with one attached hydrogen (secondary N) is 2. The Hall–Kier alpha value is -1.41. The SMILES string of the molecule is Cc1n[nH]c(C)c1S(=O)(=O)Nc1nc2c(s1)CCC2. The molecule has 2 N–H and O–H groups in total. The van der Waals surface area contributed by atoms with Crippen molar-refractivity contribution < 1.29 is 8.42 Å². The zero-order chi connectivity index (χ0) is 13.6. The van der Waals surface area contributed by atoms with Crippen LogP contribution < -0.4 is 4.72 Å². The summed E-state index contributed by atoms with van der Waals surface area (Å²) in [5.41, 5.74) is 2.03. The highest BCUT2D eigenvalue weighted by Gasteiger charge is 2.25. The van der Waals surface area contributed by atoms with Crippen LogP contribution in [0.5, 0.6) is 0 Å². The molecule has 0 amide bonds. The molecule has 0 unspecified atom stereocenters. The lowest BCUT2D eigenvalue weighted by Gasteiger charge is -2.04. The van der Waals surface area contributed by atoms with Crippen molar-refractivity contribution in [3.05, 3.63) is 22.0 Å². The van der Waals surface area contributed by atoms with Crippen LogP contribution in [0.4, 0.5) is 5.13 Å². The smallest absolute Gasteiger partial charge is 0.267 e. The molecule has 1 aliphatic carbocycles. The first kappa shape index (κ1) is 12.6. The minimum atomic E-state index is -3.61. The summed E-state index contributed by atoms with van der Waals surface area (Å²) in [6.45, 7) is 3.36. The predicted octanol–water partition coefficient (Wildman–Crippen LogP) is 1.77. The summed E-state index contributed by atoms with van der Waals surface area (Å²) in [6, 6.07) is 0. The Morgan fingerprint density at radius 3 is 2.74 bits per heavy atom. The molecule has 0 spiro atoms. The van der Waals surface area contributed by atoms with Crippen molar-refractivity contribution in [2.75, 3.05) is 4.72 Å². The molecule has 2 aromatic heterocycles. The molecular formula is C11H14N4O2S2. The zero-order valence-electron chi connectivity index (χ0n) is 10.6. The molecule has 6 nitrogen and oxygen atoms in total. The zero-order valence-corrected chi connectivity index (χ0v) is 12.3. The van der Waals surface area contributed by atoms with Crippen molar-refractivity contribution in [1.82, 2.24) is 15.2 Å². The molecule has 0 bridgehead atoms. The van der Waals surface area contributed by atoms with Gasteiger partial charge in [0.25, 0.3) is 10.0 Å². The Morgan fingerprint density at radius 2 is 2.11 bits per heavy atom. The maximum absolute atomic E-state index is 12.3. The third kappa shape index (κ3) is 2.14. The Labute approximate surface area is 115 Å². The van der Waals surface area contributed by atoms with Gasteiger partial charge in [0.05, 0.1) is 17.1 Å². The number of hydrogen-bond acceptors (Lipinski definition) is 5. The first-order chi connectivity index (χ1) is 8.97. The van der Waals surface area contributed by atoms with Crippen LogP contribution in [0, 0.1) is 13.8 Å². The third-order valence-corrected chi connectivity index (χ3v) is 5.95. The molecule has 0 atom stereocenters. The lowest BCUT2D eigenvalue weighted by molar-refractivity contribution is 0.600. The Morgan fingerprint density at radius 1 is 1.32 bits per heavy atom. The highest BCUT2D eigenvalue weighted by atomic mass is 32.2. The van der Waals surface area contributed by atoms with Crippen LogP contribution in [0.3, 0.4) is 0 Å². The van der Waals surface area contributed by atoms with E-state index in [2.05, 4.69) is 19.9 Å². The molecule has 2 aromatic rings. The van der Waals surface area contributed by atoms with E-state index >= 15 is 0 Å². The second-order valence-corrected chi connectivity index (χ2v) is 7.31. The van der Waals surface area contributed by atoms with Crippen LogP contribution in [-0.2, 0) is 22.9 Å². The molecule has 2 heterocycles. The lowest BCUT2D eigenvalue weighted by atomic mass is 10.4. The molecule has 3 rings (SSSR count). The van der Waals surface area contributed by atoms with Gasteiger partial charge < -0.3 is 0 Å². The summed E-state index contributed by atoms with van der Waals surface area (Å²) < 4.78 is 27.2. The monoisotopic (exact) mass is 298 g/mol. The summed E-state index contributed by atoms with van der Waals surface area (Å²) in [7, 11) is -3.61. The molecule has 102 valence electrons. The summed E-state index contributed by atoms with van der Waals surface area (Å²) in [4.78, 5) is 5.75. The number of rotatable bonds is 3. The fraction of sp³-hybridized carbons (Fsp3) is 0.455. The Bertz CT molecular complexity index is 689. The largest absolute Gasteiger partial charge is 0.281 e. The number of anilines is 1. The van der Waals surface area contributed by atoms with Gasteiger partial charge >= 0.3 is 0 Å². The first-order valence-corrected chi connectivity index (χ1v) is 8.30. The number of nitrogens with zero attached hydrogens (tertiary/aromatic N) is 2. The number of hydrogen-bond donors (Lipinski definition) is 2. The first-order valence-electron chi connectivity index (χ1n) is 6.00. The van der Waals surface area contributed by atoms with E-state index in [-0.39, 0.29) is 4.90 Å². The fourth-order valence-corrected chi connectivity index (χ4v) is 4.99. The van der Waals surface area contributed by atoms with Gasteiger partial charge in [0.15, 0.2) is 5.13 Å². The van der Waals surface area contributed by atoms with Gasteiger partial charge in [-0.15, -0.1) is 11.3 Å². The second kappa shape index (κ2) is 4.31. The quantitative estimate of drug-likeness (QED) is 0.904. The Kier molecular flexibility index (Phi) is 2.86. The van der Waals surface area contributed by atoms with Gasteiger partial charge in [0, 0.05) is 4.88 Å². The highest BCUT2D eigenvalue weighted by Crippen LogP contribution is 2.32. The fourth-order valence-electron chi connectivity index (χ4n) is 2.34. The summed E-state index contributed by atoms with van der Waals surface area (Å²) in [5.74, 6) is 0. The average molecular weight is 298 g/mol. The molecule has 8 heteroatoms. The van der Waals surface area contributed by atoms with E-state index in [9.17, 15) is 8.42 Å². The average Bonchev–Trinajstić information content (AvgIpc) is 2.93. The van der Waals surface area contributed by atoms with E-state index in [0.717, 1.165) is 25.0 Å². The number of sulfonamides is 1. The van der Waals surface area contributed by atoms with Crippen molar-refractivity contribution in [1.29, 1.82) is 0 Å². The van der Waals surface area contributed by atoms with Gasteiger partial charge in [-0.1, -0.05) is 0 Å². The summed E-state index contributed by atoms with van der Waals surface area (Å²) in [5, 5.41) is 7.04. The molecular weight excluding hydrogens is 284 g/mol. The van der Waals surface area contributed by atoms with Crippen LogP contribution in [-0.4, -0.2) is 23.6 Å². The van der Waals surface area contributed by atoms with E-state index in [1.807, 2.05) is 0 Å². The Balaban J connectivity index is 1.93. The van der Waals surface area contributed by atoms with Gasteiger partial charge in [-0.3, -0.25) is 9.82 Å². The van der Waals surface area contributed by atoms with E-state index in [0.29, 0.717) is 16.5 Å². The molecule has 19 heavy (non-hydrogen) atoms. The van der Waals surface area contributed by atoms with E-state index in [4.69, 9.17) is 0 Å². The standard InChI is InChI=1S/C11H14N4O2S2/c1-6-10(7(2)14-13-6)19(16,17)15-11-12-8-4-3-5-9(8)18-11/h3-5H2,1-2H3,(H,12,15)(H,13,14). The minimum Gasteiger partial charge on any atom is -0.281 e. The number of thiazole rings is 1. The van der Waals surface area contributed by atoms with Crippen molar-refractivity contribution in [2.45, 2.75) is 38.0 Å². The second-order valence-electron chi connectivity index (χ2n) is 4.61. The van der Waals surface area contributed by atoms with Crippen LogP contribution in [0.2, 0.25) is 0 Å². The maximum Gasteiger partial charge on any atom is 0.267 e. The molecule has 1 aliphatic rings. The number of fused-ring (bicyclic) bond motifs is 1. The topological polar surface area (TPSA) is 87.7 Å². The number of aromatic nitrogens is 3. The molecule has 0 aliphatic heterocycles. The van der Waals surface area contributed by atoms with Crippen molar-refractivity contribution in [3.8, 4) is 0 Å². The third-order valence-electron chi connectivity index (χ3n) is 3.15. The van der Waals surface area contributed by atoms with Gasteiger partial charge in [-0.2, -0.15) is 5.10 Å². The van der Waals surface area contributed by atoms with Crippen molar-refractivity contribution in [2.24, 2.45) is 0 Å². The minimum absolute atomic E-state index is 0.211. The van der Waals surface area contributed by atoms with E-state index in [1.54, 1.807) is 13.8 Å². The van der Waals surface area contributed by atoms with Crippen molar-refractivity contribution >= 4 is 26.5 Å². The van der Waals surface area contributed by atoms with Crippen LogP contribution in [0.15, 0.2) is 4.90 Å². The highest BCUT2D eigenvalue weighted by molar-refractivity contribution is 7.93. The van der Waals surface area contributed by atoms with Crippen molar-refractivity contribution in [3.63, 3.8) is 0 Å². The molecule has 0 saturated carbocycles. The summed E-state index contributed by atoms with van der Waals surface area (Å²) in [6.07, 6.45) is 3.05. The number of H-pyrrole nitrogens is 1. The van der Waals surface area contributed by atoms with Crippen LogP contribution >= 0.6 is 11.3 Å².